The lowest BCUT2D eigenvalue weighted by atomic mass is 10.1. The van der Waals surface area contributed by atoms with Gasteiger partial charge in [0.05, 0.1) is 18.3 Å². The Bertz CT molecular complexity index is 1020. The summed E-state index contributed by atoms with van der Waals surface area (Å²) in [5.74, 6) is 1.37. The summed E-state index contributed by atoms with van der Waals surface area (Å²) in [6.45, 7) is 1.56. The van der Waals surface area contributed by atoms with E-state index in [0.29, 0.717) is 23.0 Å². The summed E-state index contributed by atoms with van der Waals surface area (Å²) in [6.07, 6.45) is 5.02. The predicted molar refractivity (Wildman–Crippen MR) is 102 cm³/mol. The number of hydrogen-bond acceptors (Lipinski definition) is 7. The molecule has 0 aromatic carbocycles. The van der Waals surface area contributed by atoms with Gasteiger partial charge in [-0.3, -0.25) is 4.79 Å². The first-order chi connectivity index (χ1) is 13.1. The number of amides is 1. The second-order valence-electron chi connectivity index (χ2n) is 6.07. The van der Waals surface area contributed by atoms with Gasteiger partial charge in [-0.05, 0) is 12.3 Å². The molecule has 140 valence electrons. The van der Waals surface area contributed by atoms with Crippen molar-refractivity contribution in [3.8, 4) is 22.8 Å². The molecule has 0 radical (unpaired) electrons. The van der Waals surface area contributed by atoms with Crippen LogP contribution in [0, 0.1) is 0 Å². The van der Waals surface area contributed by atoms with Gasteiger partial charge in [-0.15, -0.1) is 11.8 Å². The topological polar surface area (TPSA) is 109 Å². The number of carbonyl (C=O) groups excluding carboxylic acids is 1. The third kappa shape index (κ3) is 3.31. The number of nitrogens with one attached hydrogen (secondary N) is 2. The largest absolute Gasteiger partial charge is 0.484 e. The van der Waals surface area contributed by atoms with Crippen LogP contribution in [0.4, 0.5) is 5.82 Å². The fraction of sp³-hybridized carbons (Fsp3) is 0.278. The van der Waals surface area contributed by atoms with Crippen LogP contribution in [0.15, 0.2) is 29.6 Å². The molecule has 0 saturated heterocycles. The smallest absolute Gasteiger partial charge is 0.222 e. The van der Waals surface area contributed by atoms with Gasteiger partial charge in [0.2, 0.25) is 5.91 Å². The van der Waals surface area contributed by atoms with Crippen molar-refractivity contribution in [3.63, 3.8) is 0 Å². The van der Waals surface area contributed by atoms with E-state index in [-0.39, 0.29) is 19.1 Å². The fourth-order valence-corrected chi connectivity index (χ4v) is 3.35. The highest BCUT2D eigenvalue weighted by Crippen LogP contribution is 2.43. The quantitative estimate of drug-likeness (QED) is 0.591. The average molecular weight is 386 g/mol. The predicted octanol–water partition coefficient (Wildman–Crippen LogP) is 2.44. The third-order valence-electron chi connectivity index (χ3n) is 4.16. The van der Waals surface area contributed by atoms with Gasteiger partial charge >= 0.3 is 0 Å². The van der Waals surface area contributed by atoms with E-state index in [1.165, 1.54) is 18.7 Å². The van der Waals surface area contributed by atoms with Crippen LogP contribution in [-0.2, 0) is 4.79 Å². The van der Waals surface area contributed by atoms with E-state index in [9.17, 15) is 9.90 Å². The summed E-state index contributed by atoms with van der Waals surface area (Å²) in [5.41, 5.74) is 2.27. The molecular weight excluding hydrogens is 368 g/mol. The van der Waals surface area contributed by atoms with Crippen LogP contribution < -0.4 is 14.8 Å². The molecule has 1 amide bonds. The van der Waals surface area contributed by atoms with Gasteiger partial charge < -0.3 is 24.9 Å². The lowest BCUT2D eigenvalue weighted by Gasteiger charge is -2.26. The normalized spacial score (nSPS) is 15.7. The van der Waals surface area contributed by atoms with E-state index in [2.05, 4.69) is 15.3 Å². The molecule has 0 saturated carbocycles. The van der Waals surface area contributed by atoms with E-state index < -0.39 is 6.10 Å². The molecule has 1 aliphatic rings. The number of aromatic amines is 1. The molecule has 27 heavy (non-hydrogen) atoms. The fourth-order valence-electron chi connectivity index (χ4n) is 2.95. The van der Waals surface area contributed by atoms with Crippen LogP contribution in [0.2, 0.25) is 0 Å². The number of fused-ring (bicyclic) bond motifs is 2. The number of H-pyrrole nitrogens is 1. The van der Waals surface area contributed by atoms with Crippen LogP contribution in [0.5, 0.6) is 11.5 Å². The zero-order valence-corrected chi connectivity index (χ0v) is 15.6. The highest BCUT2D eigenvalue weighted by molar-refractivity contribution is 7.98. The Labute approximate surface area is 159 Å². The molecule has 1 aliphatic heterocycles. The number of carbonyl (C=O) groups is 1. The summed E-state index contributed by atoms with van der Waals surface area (Å²) in [5, 5.41) is 13.7. The minimum Gasteiger partial charge on any atom is -0.484 e. The maximum atomic E-state index is 11.3. The summed E-state index contributed by atoms with van der Waals surface area (Å²) in [6, 6.07) is 3.60. The van der Waals surface area contributed by atoms with Gasteiger partial charge in [0.25, 0.3) is 0 Å². The van der Waals surface area contributed by atoms with Crippen molar-refractivity contribution in [2.75, 3.05) is 24.8 Å². The summed E-state index contributed by atoms with van der Waals surface area (Å²) in [7, 11) is 0. The molecule has 0 spiro atoms. The second-order valence-corrected chi connectivity index (χ2v) is 6.90. The van der Waals surface area contributed by atoms with Gasteiger partial charge in [0.1, 0.15) is 23.1 Å². The minimum atomic E-state index is -0.402. The van der Waals surface area contributed by atoms with Crippen molar-refractivity contribution in [2.45, 2.75) is 18.1 Å². The highest BCUT2D eigenvalue weighted by Gasteiger charge is 2.26. The van der Waals surface area contributed by atoms with Crippen molar-refractivity contribution in [1.29, 1.82) is 0 Å². The first kappa shape index (κ1) is 17.6. The van der Waals surface area contributed by atoms with E-state index in [0.717, 1.165) is 21.5 Å². The van der Waals surface area contributed by atoms with E-state index in [1.807, 2.05) is 18.5 Å². The molecule has 3 N–H and O–H groups in total. The van der Waals surface area contributed by atoms with Crippen LogP contribution in [-0.4, -0.2) is 51.5 Å². The lowest BCUT2D eigenvalue weighted by Crippen LogP contribution is -2.32. The van der Waals surface area contributed by atoms with E-state index >= 15 is 0 Å². The number of anilines is 1. The Balaban J connectivity index is 1.87. The summed E-state index contributed by atoms with van der Waals surface area (Å²) in [4.78, 5) is 23.4. The van der Waals surface area contributed by atoms with Crippen molar-refractivity contribution >= 4 is 34.4 Å². The second kappa shape index (κ2) is 7.09. The maximum Gasteiger partial charge on any atom is 0.222 e. The zero-order valence-electron chi connectivity index (χ0n) is 14.8. The molecule has 3 aromatic rings. The molecular formula is C18H18N4O4S. The standard InChI is InChI=1S/C18H18N4O4S/c1-9(24)21-15-3-11-12(5-19-13(11)6-20-15)17-18-14(4-16(22-17)27-2)26-10(7-23)8-25-18/h3-6,10,19,23H,7-8H2,1-2H3,(H,20,21,24). The van der Waals surface area contributed by atoms with Crippen molar-refractivity contribution < 1.29 is 19.4 Å². The number of nitrogens with zero attached hydrogens (tertiary/aromatic N) is 2. The number of thioether (sulfide) groups is 1. The maximum absolute atomic E-state index is 11.3. The number of rotatable bonds is 4. The van der Waals surface area contributed by atoms with Crippen molar-refractivity contribution in [1.82, 2.24) is 15.0 Å². The number of pyridine rings is 2. The van der Waals surface area contributed by atoms with Crippen LogP contribution >= 0.6 is 11.8 Å². The van der Waals surface area contributed by atoms with Crippen LogP contribution in [0.25, 0.3) is 22.2 Å². The minimum absolute atomic E-state index is 0.121. The van der Waals surface area contributed by atoms with Crippen molar-refractivity contribution in [3.05, 3.63) is 24.5 Å². The molecule has 8 nitrogen and oxygen atoms in total. The molecule has 3 aromatic heterocycles. The van der Waals surface area contributed by atoms with Crippen molar-refractivity contribution in [2.24, 2.45) is 0 Å². The van der Waals surface area contributed by atoms with Crippen LogP contribution in [0.3, 0.4) is 0 Å². The van der Waals surface area contributed by atoms with Gasteiger partial charge in [-0.1, -0.05) is 0 Å². The highest BCUT2D eigenvalue weighted by atomic mass is 32.2. The lowest BCUT2D eigenvalue weighted by molar-refractivity contribution is -0.114. The Morgan fingerprint density at radius 1 is 1.48 bits per heavy atom. The molecule has 4 heterocycles. The molecule has 1 unspecified atom stereocenters. The summed E-state index contributed by atoms with van der Waals surface area (Å²) >= 11 is 1.49. The molecule has 4 rings (SSSR count). The summed E-state index contributed by atoms with van der Waals surface area (Å²) < 4.78 is 11.7. The molecule has 0 fully saturated rings. The average Bonchev–Trinajstić information content (AvgIpc) is 3.09. The van der Waals surface area contributed by atoms with Gasteiger partial charge in [-0.2, -0.15) is 0 Å². The molecule has 0 bridgehead atoms. The van der Waals surface area contributed by atoms with Gasteiger partial charge in [0.15, 0.2) is 17.6 Å². The van der Waals surface area contributed by atoms with Gasteiger partial charge in [-0.25, -0.2) is 9.97 Å². The number of aromatic nitrogens is 3. The SMILES string of the molecule is CSc1cc2c(c(-c3c[nH]c4cnc(NC(C)=O)cc34)n1)OCC(CO)O2. The van der Waals surface area contributed by atoms with E-state index in [1.54, 1.807) is 12.3 Å². The van der Waals surface area contributed by atoms with E-state index in [4.69, 9.17) is 14.5 Å². The monoisotopic (exact) mass is 386 g/mol. The Morgan fingerprint density at radius 2 is 2.33 bits per heavy atom. The third-order valence-corrected chi connectivity index (χ3v) is 4.79. The molecule has 0 aliphatic carbocycles. The Hall–Kier alpha value is -2.78. The van der Waals surface area contributed by atoms with Crippen LogP contribution in [0.1, 0.15) is 6.92 Å². The first-order valence-corrected chi connectivity index (χ1v) is 9.56. The number of hydrogen-bond donors (Lipinski definition) is 3. The molecule has 9 heteroatoms. The Morgan fingerprint density at radius 3 is 3.07 bits per heavy atom. The zero-order chi connectivity index (χ0) is 19.0. The number of ether oxygens (including phenoxy) is 2. The number of aliphatic hydroxyl groups is 1. The van der Waals surface area contributed by atoms with Gasteiger partial charge in [0, 0.05) is 30.1 Å². The number of aliphatic hydroxyl groups excluding tert-OH is 1. The first-order valence-electron chi connectivity index (χ1n) is 8.33. The molecule has 1 atom stereocenters. The Kier molecular flexibility index (Phi) is 4.63.